The maximum Gasteiger partial charge on any atom is 0.373 e. The van der Waals surface area contributed by atoms with Gasteiger partial charge in [-0.1, -0.05) is 24.6 Å². The van der Waals surface area contributed by atoms with Gasteiger partial charge < -0.3 is 9.68 Å². The maximum atomic E-state index is 12.3. The molecule has 1 heterocycles. The molecule has 1 saturated heterocycles. The number of amides is 2. The number of hydrogen-bond donors (Lipinski definition) is 0. The largest absolute Gasteiger partial charge is 0.383 e. The van der Waals surface area contributed by atoms with Crippen LogP contribution in [-0.4, -0.2) is 40.9 Å². The molecule has 0 radical (unpaired) electrons. The average molecular weight is 485 g/mol. The van der Waals surface area contributed by atoms with Crippen LogP contribution in [0.2, 0.25) is 0 Å². The molecule has 5 rings (SSSR count). The number of hydrogen-bond acceptors (Lipinski definition) is 7. The number of hydroxylamine groups is 2. The third-order valence-electron chi connectivity index (χ3n) is 10.0. The summed E-state index contributed by atoms with van der Waals surface area (Å²) in [5, 5.41) is 4.69. The summed E-state index contributed by atoms with van der Waals surface area (Å²) in [6.07, 6.45) is 10.8. The summed E-state index contributed by atoms with van der Waals surface area (Å²) in [5.41, 5.74) is 2.55. The summed E-state index contributed by atoms with van der Waals surface area (Å²) in [6.45, 7) is 6.12. The zero-order valence-corrected chi connectivity index (χ0v) is 21.0. The second-order valence-corrected chi connectivity index (χ2v) is 11.7. The van der Waals surface area contributed by atoms with Crippen molar-refractivity contribution in [2.24, 2.45) is 39.7 Å². The fraction of sp³-hybridized carbons (Fsp3) is 0.741. The molecule has 3 saturated carbocycles. The van der Waals surface area contributed by atoms with Crippen LogP contribution in [0.4, 0.5) is 0 Å². The van der Waals surface area contributed by atoms with Gasteiger partial charge in [0.2, 0.25) is 6.61 Å². The molecule has 0 bridgehead atoms. The fourth-order valence-corrected chi connectivity index (χ4v) is 8.26. The fourth-order valence-electron chi connectivity index (χ4n) is 8.26. The van der Waals surface area contributed by atoms with Crippen LogP contribution < -0.4 is 0 Å². The lowest BCUT2D eigenvalue weighted by atomic mass is 9.46. The standard InChI is InChI=1S/C27H36N2O6/c1-16(30)20-6-7-21-19-5-4-17-14-18(10-12-26(17,2)22(19)11-13-27(20,21)3)28-34-15-25(33)35-29-23(31)8-9-24(29)32/h14,19-22H,4-13,15H2,1-3H3/b28-18+/t19-,20+,21-,22-,26-,27+/m0/s1. The molecule has 8 nitrogen and oxygen atoms in total. The molecule has 2 amide bonds. The topological polar surface area (TPSA) is 102 Å². The molecule has 0 unspecified atom stereocenters. The van der Waals surface area contributed by atoms with E-state index >= 15 is 0 Å². The van der Waals surface area contributed by atoms with Crippen LogP contribution >= 0.6 is 0 Å². The van der Waals surface area contributed by atoms with Crippen molar-refractivity contribution in [3.8, 4) is 0 Å². The lowest BCUT2D eigenvalue weighted by Gasteiger charge is -2.58. The first-order valence-corrected chi connectivity index (χ1v) is 13.1. The number of rotatable bonds is 5. The van der Waals surface area contributed by atoms with Crippen molar-refractivity contribution in [1.82, 2.24) is 5.06 Å². The lowest BCUT2D eigenvalue weighted by Crippen LogP contribution is -2.51. The molecular weight excluding hydrogens is 448 g/mol. The van der Waals surface area contributed by atoms with Gasteiger partial charge in [-0.25, -0.2) is 4.79 Å². The Kier molecular flexibility index (Phi) is 6.12. The first-order chi connectivity index (χ1) is 16.6. The summed E-state index contributed by atoms with van der Waals surface area (Å²) in [5.74, 6) is 0.716. The predicted octanol–water partition coefficient (Wildman–Crippen LogP) is 4.13. The quantitative estimate of drug-likeness (QED) is 0.429. The molecule has 8 heteroatoms. The van der Waals surface area contributed by atoms with Gasteiger partial charge in [0.25, 0.3) is 11.8 Å². The molecule has 1 aliphatic heterocycles. The van der Waals surface area contributed by atoms with E-state index in [0.717, 1.165) is 44.2 Å². The Morgan fingerprint density at radius 3 is 2.46 bits per heavy atom. The van der Waals surface area contributed by atoms with Crippen LogP contribution in [0, 0.1) is 34.5 Å². The number of ketones is 1. The van der Waals surface area contributed by atoms with Crippen LogP contribution in [0.15, 0.2) is 16.8 Å². The number of fused-ring (bicyclic) bond motifs is 5. The van der Waals surface area contributed by atoms with Crippen molar-refractivity contribution in [1.29, 1.82) is 0 Å². The molecule has 0 spiro atoms. The van der Waals surface area contributed by atoms with E-state index in [9.17, 15) is 19.2 Å². The molecule has 6 atom stereocenters. The summed E-state index contributed by atoms with van der Waals surface area (Å²) >= 11 is 0. The highest BCUT2D eigenvalue weighted by molar-refractivity contribution is 6.01. The highest BCUT2D eigenvalue weighted by atomic mass is 16.7. The van der Waals surface area contributed by atoms with E-state index in [0.29, 0.717) is 28.6 Å². The maximum absolute atomic E-state index is 12.3. The number of imide groups is 1. The SMILES string of the molecule is CC(=O)[C@H]1CC[C@H]2[C@@H]3CCC4=C/C(=N/OCC(=O)ON5C(=O)CCC5=O)CC[C@]4(C)[C@H]3CC[C@]12C. The van der Waals surface area contributed by atoms with Crippen molar-refractivity contribution in [2.75, 3.05) is 6.61 Å². The molecular formula is C27H36N2O6. The van der Waals surface area contributed by atoms with Crippen LogP contribution in [0.5, 0.6) is 0 Å². The Balaban J connectivity index is 1.22. The Bertz CT molecular complexity index is 1000. The monoisotopic (exact) mass is 484 g/mol. The van der Waals surface area contributed by atoms with E-state index in [1.165, 1.54) is 18.4 Å². The van der Waals surface area contributed by atoms with E-state index in [1.54, 1.807) is 6.92 Å². The Labute approximate surface area is 206 Å². The Morgan fingerprint density at radius 2 is 1.74 bits per heavy atom. The first-order valence-electron chi connectivity index (χ1n) is 13.1. The van der Waals surface area contributed by atoms with Gasteiger partial charge in [0.15, 0.2) is 0 Å². The van der Waals surface area contributed by atoms with Crippen molar-refractivity contribution in [3.05, 3.63) is 11.6 Å². The first kappa shape index (κ1) is 24.2. The second kappa shape index (κ2) is 8.86. The predicted molar refractivity (Wildman–Crippen MR) is 126 cm³/mol. The minimum atomic E-state index is -0.822. The molecule has 190 valence electrons. The van der Waals surface area contributed by atoms with Crippen molar-refractivity contribution < 1.29 is 28.9 Å². The van der Waals surface area contributed by atoms with Gasteiger partial charge in [-0.2, -0.15) is 0 Å². The highest BCUT2D eigenvalue weighted by Gasteiger charge is 2.59. The van der Waals surface area contributed by atoms with Gasteiger partial charge >= 0.3 is 5.97 Å². The molecule has 35 heavy (non-hydrogen) atoms. The average Bonchev–Trinajstić information content (AvgIpc) is 3.33. The van der Waals surface area contributed by atoms with Gasteiger partial charge in [-0.05, 0) is 93.0 Å². The highest BCUT2D eigenvalue weighted by Crippen LogP contribution is 2.66. The normalized spacial score (nSPS) is 39.6. The van der Waals surface area contributed by atoms with Gasteiger partial charge in [0.1, 0.15) is 5.78 Å². The number of nitrogens with zero attached hydrogens (tertiary/aromatic N) is 2. The zero-order valence-electron chi connectivity index (χ0n) is 21.0. The smallest absolute Gasteiger partial charge is 0.373 e. The number of Topliss-reactive ketones (excluding diaryl/α,β-unsaturated/α-hetero) is 1. The third-order valence-corrected chi connectivity index (χ3v) is 10.0. The summed E-state index contributed by atoms with van der Waals surface area (Å²) in [7, 11) is 0. The van der Waals surface area contributed by atoms with Crippen molar-refractivity contribution >= 4 is 29.3 Å². The van der Waals surface area contributed by atoms with E-state index in [-0.39, 0.29) is 29.6 Å². The third kappa shape index (κ3) is 4.02. The summed E-state index contributed by atoms with van der Waals surface area (Å²) < 4.78 is 0. The van der Waals surface area contributed by atoms with E-state index in [2.05, 4.69) is 25.1 Å². The van der Waals surface area contributed by atoms with Crippen LogP contribution in [0.3, 0.4) is 0 Å². The van der Waals surface area contributed by atoms with Crippen molar-refractivity contribution in [2.45, 2.75) is 85.0 Å². The van der Waals surface area contributed by atoms with Crippen molar-refractivity contribution in [3.63, 3.8) is 0 Å². The minimum Gasteiger partial charge on any atom is -0.383 e. The zero-order chi connectivity index (χ0) is 25.0. The van der Waals surface area contributed by atoms with E-state index < -0.39 is 24.4 Å². The molecule has 0 aromatic heterocycles. The van der Waals surface area contributed by atoms with Crippen LogP contribution in [0.1, 0.15) is 85.0 Å². The Hall–Kier alpha value is -2.51. The summed E-state index contributed by atoms with van der Waals surface area (Å²) in [4.78, 5) is 57.5. The number of oxime groups is 1. The summed E-state index contributed by atoms with van der Waals surface area (Å²) in [6, 6.07) is 0. The van der Waals surface area contributed by atoms with E-state index in [4.69, 9.17) is 9.68 Å². The second-order valence-electron chi connectivity index (χ2n) is 11.7. The Morgan fingerprint density at radius 1 is 1.00 bits per heavy atom. The van der Waals surface area contributed by atoms with Gasteiger partial charge in [-0.3, -0.25) is 14.4 Å². The molecule has 4 aliphatic carbocycles. The van der Waals surface area contributed by atoms with Gasteiger partial charge in [0.05, 0.1) is 5.71 Å². The van der Waals surface area contributed by atoms with Crippen LogP contribution in [-0.2, 0) is 28.9 Å². The number of carbonyl (C=O) groups is 4. The number of allylic oxidation sites excluding steroid dienone is 2. The van der Waals surface area contributed by atoms with Crippen LogP contribution in [0.25, 0.3) is 0 Å². The molecule has 5 aliphatic rings. The van der Waals surface area contributed by atoms with E-state index in [1.807, 2.05) is 0 Å². The lowest BCUT2D eigenvalue weighted by molar-refractivity contribution is -0.200. The molecule has 0 aromatic rings. The number of carbonyl (C=O) groups excluding carboxylic acids is 4. The molecule has 4 fully saturated rings. The van der Waals surface area contributed by atoms with Gasteiger partial charge in [-0.15, -0.1) is 5.06 Å². The van der Waals surface area contributed by atoms with Gasteiger partial charge in [0, 0.05) is 18.8 Å². The molecule has 0 N–H and O–H groups in total. The molecule has 0 aromatic carbocycles. The minimum absolute atomic E-state index is 0.0563.